The second-order valence-corrected chi connectivity index (χ2v) is 4.50. The van der Waals surface area contributed by atoms with E-state index in [-0.39, 0.29) is 12.6 Å². The predicted octanol–water partition coefficient (Wildman–Crippen LogP) is 2.66. The molecule has 0 bridgehead atoms. The molecule has 1 aliphatic rings. The molecule has 0 aromatic heterocycles. The lowest BCUT2D eigenvalue weighted by Crippen LogP contribution is -2.06. The number of rotatable bonds is 7. The zero-order chi connectivity index (χ0) is 13.0. The van der Waals surface area contributed by atoms with Gasteiger partial charge in [0.05, 0.1) is 13.7 Å². The van der Waals surface area contributed by atoms with E-state index in [0.717, 1.165) is 12.5 Å². The maximum absolute atomic E-state index is 11.2. The van der Waals surface area contributed by atoms with Crippen LogP contribution < -0.4 is 9.47 Å². The third-order valence-corrected chi connectivity index (χ3v) is 2.92. The lowest BCUT2D eigenvalue weighted by atomic mass is 10.1. The van der Waals surface area contributed by atoms with Crippen molar-refractivity contribution in [2.45, 2.75) is 19.8 Å². The molecule has 0 unspecified atom stereocenters. The lowest BCUT2D eigenvalue weighted by molar-refractivity contribution is 0.00866. The molecule has 1 aromatic rings. The van der Waals surface area contributed by atoms with Gasteiger partial charge in [0.25, 0.3) is 0 Å². The quantitative estimate of drug-likeness (QED) is 0.424. The maximum Gasteiger partial charge on any atom is 0.189 e. The first-order valence-electron chi connectivity index (χ1n) is 6.10. The summed E-state index contributed by atoms with van der Waals surface area (Å²) in [7, 11) is 1.55. The van der Waals surface area contributed by atoms with E-state index < -0.39 is 0 Å². The van der Waals surface area contributed by atoms with Gasteiger partial charge in [-0.25, -0.2) is 0 Å². The van der Waals surface area contributed by atoms with Crippen molar-refractivity contribution < 1.29 is 19.0 Å². The Bertz CT molecular complexity index is 424. The van der Waals surface area contributed by atoms with Gasteiger partial charge >= 0.3 is 0 Å². The molecule has 0 heterocycles. The Morgan fingerprint density at radius 2 is 2.11 bits per heavy atom. The fourth-order valence-electron chi connectivity index (χ4n) is 1.61. The summed E-state index contributed by atoms with van der Waals surface area (Å²) in [6.07, 6.45) is 2.52. The highest BCUT2D eigenvalue weighted by molar-refractivity contribution is 5.94. The van der Waals surface area contributed by atoms with Gasteiger partial charge in [0.1, 0.15) is 0 Å². The third-order valence-electron chi connectivity index (χ3n) is 2.92. The fourth-order valence-corrected chi connectivity index (χ4v) is 1.61. The van der Waals surface area contributed by atoms with E-state index in [4.69, 9.17) is 14.2 Å². The second kappa shape index (κ2) is 5.87. The standard InChI is InChI=1S/C14H18O4/c1-10(15)12-5-6-13(14(7-12)16-2)18-9-17-8-11-3-4-11/h5-7,11H,3-4,8-9H2,1-2H3. The number of benzene rings is 1. The number of carbonyl (C=O) groups is 1. The molecule has 0 radical (unpaired) electrons. The Kier molecular flexibility index (Phi) is 4.20. The van der Waals surface area contributed by atoms with E-state index >= 15 is 0 Å². The summed E-state index contributed by atoms with van der Waals surface area (Å²) in [4.78, 5) is 11.2. The molecule has 4 heteroatoms. The molecule has 0 aliphatic heterocycles. The molecule has 0 spiro atoms. The highest BCUT2D eigenvalue weighted by Crippen LogP contribution is 2.30. The van der Waals surface area contributed by atoms with Crippen LogP contribution in [-0.2, 0) is 4.74 Å². The van der Waals surface area contributed by atoms with Crippen LogP contribution in [0.3, 0.4) is 0 Å². The number of carbonyl (C=O) groups excluding carboxylic acids is 1. The van der Waals surface area contributed by atoms with Gasteiger partial charge < -0.3 is 14.2 Å². The van der Waals surface area contributed by atoms with E-state index in [9.17, 15) is 4.79 Å². The number of Topliss-reactive ketones (excluding diaryl/α,β-unsaturated/α-hetero) is 1. The molecule has 0 saturated heterocycles. The second-order valence-electron chi connectivity index (χ2n) is 4.50. The summed E-state index contributed by atoms with van der Waals surface area (Å²) in [5, 5.41) is 0. The van der Waals surface area contributed by atoms with Crippen molar-refractivity contribution in [3.63, 3.8) is 0 Å². The third kappa shape index (κ3) is 3.47. The largest absolute Gasteiger partial charge is 0.493 e. The molecule has 98 valence electrons. The van der Waals surface area contributed by atoms with Crippen molar-refractivity contribution in [1.82, 2.24) is 0 Å². The fraction of sp³-hybridized carbons (Fsp3) is 0.500. The average Bonchev–Trinajstić information content (AvgIpc) is 3.18. The Hall–Kier alpha value is -1.55. The Labute approximate surface area is 107 Å². The van der Waals surface area contributed by atoms with Crippen molar-refractivity contribution in [3.05, 3.63) is 23.8 Å². The van der Waals surface area contributed by atoms with Crippen molar-refractivity contribution in [3.8, 4) is 11.5 Å². The van der Waals surface area contributed by atoms with Crippen molar-refractivity contribution in [2.24, 2.45) is 5.92 Å². The van der Waals surface area contributed by atoms with Gasteiger partial charge in [-0.05, 0) is 43.9 Å². The van der Waals surface area contributed by atoms with Crippen LogP contribution in [0.1, 0.15) is 30.1 Å². The normalized spacial score (nSPS) is 14.3. The first-order chi connectivity index (χ1) is 8.70. The average molecular weight is 250 g/mol. The van der Waals surface area contributed by atoms with Crippen LogP contribution in [0.2, 0.25) is 0 Å². The van der Waals surface area contributed by atoms with Crippen LogP contribution in [0.5, 0.6) is 11.5 Å². The van der Waals surface area contributed by atoms with Gasteiger partial charge in [-0.15, -0.1) is 0 Å². The zero-order valence-electron chi connectivity index (χ0n) is 10.8. The monoisotopic (exact) mass is 250 g/mol. The first-order valence-corrected chi connectivity index (χ1v) is 6.10. The van der Waals surface area contributed by atoms with Gasteiger partial charge in [0.2, 0.25) is 0 Å². The summed E-state index contributed by atoms with van der Waals surface area (Å²) < 4.78 is 16.1. The van der Waals surface area contributed by atoms with Gasteiger partial charge in [0, 0.05) is 5.56 Å². The lowest BCUT2D eigenvalue weighted by Gasteiger charge is -2.11. The van der Waals surface area contributed by atoms with Gasteiger partial charge in [-0.1, -0.05) is 0 Å². The number of ether oxygens (including phenoxy) is 3. The summed E-state index contributed by atoms with van der Waals surface area (Å²) in [6, 6.07) is 5.13. The summed E-state index contributed by atoms with van der Waals surface area (Å²) in [6.45, 7) is 2.49. The molecule has 2 rings (SSSR count). The highest BCUT2D eigenvalue weighted by atomic mass is 16.7. The number of ketones is 1. The predicted molar refractivity (Wildman–Crippen MR) is 67.2 cm³/mol. The minimum Gasteiger partial charge on any atom is -0.493 e. The number of hydrogen-bond acceptors (Lipinski definition) is 4. The van der Waals surface area contributed by atoms with E-state index in [1.807, 2.05) is 0 Å². The molecule has 1 aliphatic carbocycles. The molecular formula is C14H18O4. The topological polar surface area (TPSA) is 44.8 Å². The van der Waals surface area contributed by atoms with Crippen molar-refractivity contribution >= 4 is 5.78 Å². The molecule has 1 fully saturated rings. The van der Waals surface area contributed by atoms with E-state index in [0.29, 0.717) is 17.1 Å². The highest BCUT2D eigenvalue weighted by Gasteiger charge is 2.21. The Morgan fingerprint density at radius 3 is 2.72 bits per heavy atom. The molecule has 0 N–H and O–H groups in total. The van der Waals surface area contributed by atoms with Crippen molar-refractivity contribution in [2.75, 3.05) is 20.5 Å². The molecular weight excluding hydrogens is 232 g/mol. The summed E-state index contributed by atoms with van der Waals surface area (Å²) >= 11 is 0. The molecule has 1 saturated carbocycles. The molecule has 0 amide bonds. The minimum absolute atomic E-state index is 0.00448. The van der Waals surface area contributed by atoms with Crippen LogP contribution in [0.25, 0.3) is 0 Å². The van der Waals surface area contributed by atoms with Crippen LogP contribution >= 0.6 is 0 Å². The van der Waals surface area contributed by atoms with E-state index in [1.54, 1.807) is 25.3 Å². The molecule has 18 heavy (non-hydrogen) atoms. The van der Waals surface area contributed by atoms with Crippen LogP contribution in [-0.4, -0.2) is 26.3 Å². The molecule has 4 nitrogen and oxygen atoms in total. The van der Waals surface area contributed by atoms with Crippen LogP contribution in [0, 0.1) is 5.92 Å². The van der Waals surface area contributed by atoms with Crippen LogP contribution in [0.4, 0.5) is 0 Å². The van der Waals surface area contributed by atoms with Gasteiger partial charge in [-0.2, -0.15) is 0 Å². The smallest absolute Gasteiger partial charge is 0.189 e. The first kappa shape index (κ1) is 12.9. The molecule has 1 aromatic carbocycles. The Morgan fingerprint density at radius 1 is 1.33 bits per heavy atom. The summed E-state index contributed by atoms with van der Waals surface area (Å²) in [5.74, 6) is 1.87. The van der Waals surface area contributed by atoms with E-state index in [2.05, 4.69) is 0 Å². The van der Waals surface area contributed by atoms with Crippen molar-refractivity contribution in [1.29, 1.82) is 0 Å². The van der Waals surface area contributed by atoms with Gasteiger partial charge in [-0.3, -0.25) is 4.79 Å². The summed E-state index contributed by atoms with van der Waals surface area (Å²) in [5.41, 5.74) is 0.609. The SMILES string of the molecule is COc1cc(C(C)=O)ccc1OCOCC1CC1. The Balaban J connectivity index is 1.91. The number of methoxy groups -OCH3 is 1. The van der Waals surface area contributed by atoms with Crippen LogP contribution in [0.15, 0.2) is 18.2 Å². The minimum atomic E-state index is 0.00448. The van der Waals surface area contributed by atoms with E-state index in [1.165, 1.54) is 19.8 Å². The zero-order valence-corrected chi connectivity index (χ0v) is 10.8. The maximum atomic E-state index is 11.2. The number of hydrogen-bond donors (Lipinski definition) is 0. The van der Waals surface area contributed by atoms with Gasteiger partial charge in [0.15, 0.2) is 24.1 Å². The molecule has 0 atom stereocenters.